The predicted octanol–water partition coefficient (Wildman–Crippen LogP) is 7.11. The number of aryl methyl sites for hydroxylation is 3. The first-order valence-electron chi connectivity index (χ1n) is 14.5. The van der Waals surface area contributed by atoms with Crippen molar-refractivity contribution < 1.29 is 4.79 Å². The highest BCUT2D eigenvalue weighted by Gasteiger charge is 2.54. The maximum Gasteiger partial charge on any atom is 0.272 e. The van der Waals surface area contributed by atoms with Crippen molar-refractivity contribution in [3.63, 3.8) is 0 Å². The summed E-state index contributed by atoms with van der Waals surface area (Å²) < 4.78 is 2.14. The van der Waals surface area contributed by atoms with Crippen molar-refractivity contribution in [2.24, 2.45) is 23.2 Å². The van der Waals surface area contributed by atoms with E-state index in [2.05, 4.69) is 68.0 Å². The van der Waals surface area contributed by atoms with Gasteiger partial charge in [-0.05, 0) is 99.2 Å². The van der Waals surface area contributed by atoms with Crippen LogP contribution in [0.3, 0.4) is 0 Å². The molecule has 3 fully saturated rings. The number of rotatable bonds is 5. The molecule has 5 aliphatic carbocycles. The van der Waals surface area contributed by atoms with Gasteiger partial charge in [0, 0.05) is 27.4 Å². The van der Waals surface area contributed by atoms with Gasteiger partial charge >= 0.3 is 0 Å². The summed E-state index contributed by atoms with van der Waals surface area (Å²) in [6.45, 7) is 10.7. The summed E-state index contributed by atoms with van der Waals surface area (Å²) in [5.74, 6) is 2.23. The molecule has 3 saturated carbocycles. The SMILES string of the molecule is Cc1ccc(Cn2nc(C(=O)NCC3CCC4CC3C4(C)C)c3c2C2=C(CCCc4sc(C)cc42)C3)cc1. The largest absolute Gasteiger partial charge is 0.350 e. The fourth-order valence-corrected chi connectivity index (χ4v) is 9.13. The van der Waals surface area contributed by atoms with Crippen molar-refractivity contribution in [3.8, 4) is 0 Å². The van der Waals surface area contributed by atoms with Gasteiger partial charge in [0.25, 0.3) is 5.91 Å². The van der Waals surface area contributed by atoms with Crippen molar-refractivity contribution >= 4 is 22.8 Å². The molecule has 4 nitrogen and oxygen atoms in total. The van der Waals surface area contributed by atoms with Crippen molar-refractivity contribution in [1.82, 2.24) is 15.1 Å². The van der Waals surface area contributed by atoms with Gasteiger partial charge in [-0.25, -0.2) is 0 Å². The second kappa shape index (κ2) is 8.94. The molecule has 3 unspecified atom stereocenters. The van der Waals surface area contributed by atoms with Crippen LogP contribution in [0.15, 0.2) is 35.9 Å². The second-order valence-electron chi connectivity index (χ2n) is 12.9. The Morgan fingerprint density at radius 1 is 1.16 bits per heavy atom. The summed E-state index contributed by atoms with van der Waals surface area (Å²) >= 11 is 1.94. The Morgan fingerprint density at radius 3 is 2.74 bits per heavy atom. The van der Waals surface area contributed by atoms with Gasteiger partial charge in [0.1, 0.15) is 0 Å². The highest BCUT2D eigenvalue weighted by Crippen LogP contribution is 2.61. The Hall–Kier alpha value is -2.66. The Labute approximate surface area is 230 Å². The number of benzene rings is 1. The van der Waals surface area contributed by atoms with Gasteiger partial charge in [-0.1, -0.05) is 49.2 Å². The Morgan fingerprint density at radius 2 is 1.97 bits per heavy atom. The van der Waals surface area contributed by atoms with E-state index in [1.807, 2.05) is 11.3 Å². The molecule has 2 bridgehead atoms. The summed E-state index contributed by atoms with van der Waals surface area (Å²) in [5.41, 5.74) is 10.1. The van der Waals surface area contributed by atoms with Crippen molar-refractivity contribution in [2.45, 2.75) is 79.2 Å². The van der Waals surface area contributed by atoms with Crippen LogP contribution >= 0.6 is 11.3 Å². The Bertz CT molecular complexity index is 1450. The third-order valence-electron chi connectivity index (χ3n) is 10.3. The molecule has 5 aliphatic rings. The lowest BCUT2D eigenvalue weighted by Gasteiger charge is -2.60. The van der Waals surface area contributed by atoms with E-state index in [1.54, 1.807) is 0 Å². The van der Waals surface area contributed by atoms with Gasteiger partial charge in [0.2, 0.25) is 0 Å². The molecule has 0 radical (unpaired) electrons. The van der Waals surface area contributed by atoms with Crippen LogP contribution in [0.1, 0.15) is 94.1 Å². The minimum absolute atomic E-state index is 0.0162. The molecule has 198 valence electrons. The Balaban J connectivity index is 1.23. The van der Waals surface area contributed by atoms with E-state index in [9.17, 15) is 4.79 Å². The van der Waals surface area contributed by atoms with Gasteiger partial charge in [-0.2, -0.15) is 5.10 Å². The van der Waals surface area contributed by atoms with Crippen LogP contribution in [-0.2, 0) is 19.4 Å². The molecule has 5 heteroatoms. The van der Waals surface area contributed by atoms with Gasteiger partial charge in [-0.3, -0.25) is 9.48 Å². The highest BCUT2D eigenvalue weighted by atomic mass is 32.1. The molecule has 1 aromatic carbocycles. The van der Waals surface area contributed by atoms with Crippen molar-refractivity contribution in [3.05, 3.63) is 79.3 Å². The van der Waals surface area contributed by atoms with E-state index in [1.165, 1.54) is 69.0 Å². The minimum Gasteiger partial charge on any atom is -0.350 e. The molecule has 38 heavy (non-hydrogen) atoms. The summed E-state index contributed by atoms with van der Waals surface area (Å²) in [6.07, 6.45) is 8.19. The van der Waals surface area contributed by atoms with Gasteiger partial charge in [0.05, 0.1) is 12.2 Å². The normalized spacial score (nSPS) is 24.8. The standard InChI is InChI=1S/C33H39N3OS/c1-19-8-10-21(11-9-19)18-36-31-26(15-22-6-5-7-28-25(29(22)31)14-20(2)38-28)30(35-36)32(37)34-17-23-12-13-24-16-27(23)33(24,3)4/h8-11,14,23-24,27H,5-7,12-13,15-18H2,1-4H3,(H,34,37). The van der Waals surface area contributed by atoms with Gasteiger partial charge in [-0.15, -0.1) is 11.3 Å². The second-order valence-corrected chi connectivity index (χ2v) is 14.3. The fourth-order valence-electron chi connectivity index (χ4n) is 8.05. The molecule has 1 amide bonds. The number of amides is 1. The molecule has 0 saturated heterocycles. The van der Waals surface area contributed by atoms with Crippen LogP contribution in [-0.4, -0.2) is 22.2 Å². The number of aromatic nitrogens is 2. The number of nitrogens with one attached hydrogen (secondary N) is 1. The minimum atomic E-state index is 0.0162. The highest BCUT2D eigenvalue weighted by molar-refractivity contribution is 7.12. The first kappa shape index (κ1) is 24.4. The molecule has 2 heterocycles. The summed E-state index contributed by atoms with van der Waals surface area (Å²) in [4.78, 5) is 16.6. The zero-order valence-corrected chi connectivity index (χ0v) is 24.0. The van der Waals surface area contributed by atoms with Crippen molar-refractivity contribution in [1.29, 1.82) is 0 Å². The van der Waals surface area contributed by atoms with Crippen LogP contribution in [0, 0.1) is 37.0 Å². The number of hydrogen-bond acceptors (Lipinski definition) is 3. The Kier molecular flexibility index (Phi) is 5.74. The lowest BCUT2D eigenvalue weighted by atomic mass is 9.45. The molecular formula is C33H39N3OS. The van der Waals surface area contributed by atoms with E-state index in [-0.39, 0.29) is 5.91 Å². The first-order chi connectivity index (χ1) is 18.3. The number of carbonyl (C=O) groups is 1. The summed E-state index contributed by atoms with van der Waals surface area (Å²) in [6, 6.07) is 11.1. The first-order valence-corrected chi connectivity index (χ1v) is 15.4. The van der Waals surface area contributed by atoms with E-state index in [0.29, 0.717) is 23.6 Å². The molecule has 3 atom stereocenters. The van der Waals surface area contributed by atoms with E-state index >= 15 is 0 Å². The van der Waals surface area contributed by atoms with Crippen LogP contribution in [0.5, 0.6) is 0 Å². The van der Waals surface area contributed by atoms with Crippen LogP contribution in [0.4, 0.5) is 0 Å². The number of carbonyl (C=O) groups excluding carboxylic acids is 1. The maximum atomic E-state index is 13.8. The average Bonchev–Trinajstić information content (AvgIpc) is 3.53. The average molecular weight is 526 g/mol. The molecule has 3 aromatic rings. The van der Waals surface area contributed by atoms with Crippen molar-refractivity contribution in [2.75, 3.05) is 6.54 Å². The molecule has 8 rings (SSSR count). The van der Waals surface area contributed by atoms with Gasteiger partial charge in [0.15, 0.2) is 5.69 Å². The third kappa shape index (κ3) is 3.84. The number of fused-ring (bicyclic) bond motifs is 6. The third-order valence-corrected chi connectivity index (χ3v) is 11.4. The zero-order chi connectivity index (χ0) is 26.2. The summed E-state index contributed by atoms with van der Waals surface area (Å²) in [5, 5.41) is 8.41. The topological polar surface area (TPSA) is 46.9 Å². The zero-order valence-electron chi connectivity index (χ0n) is 23.2. The quantitative estimate of drug-likeness (QED) is 0.386. The van der Waals surface area contributed by atoms with Crippen LogP contribution in [0.25, 0.3) is 5.57 Å². The number of nitrogens with zero attached hydrogens (tertiary/aromatic N) is 2. The molecule has 2 aromatic heterocycles. The molecular weight excluding hydrogens is 486 g/mol. The summed E-state index contributed by atoms with van der Waals surface area (Å²) in [7, 11) is 0. The molecule has 0 aliphatic heterocycles. The fraction of sp³-hybridized carbons (Fsp3) is 0.515. The molecule has 1 N–H and O–H groups in total. The van der Waals surface area contributed by atoms with E-state index in [4.69, 9.17) is 5.10 Å². The smallest absolute Gasteiger partial charge is 0.272 e. The number of allylic oxidation sites excluding steroid dienone is 1. The maximum absolute atomic E-state index is 13.8. The van der Waals surface area contributed by atoms with E-state index < -0.39 is 0 Å². The predicted molar refractivity (Wildman–Crippen MR) is 155 cm³/mol. The monoisotopic (exact) mass is 525 g/mol. The van der Waals surface area contributed by atoms with Crippen LogP contribution in [0.2, 0.25) is 0 Å². The van der Waals surface area contributed by atoms with E-state index in [0.717, 1.165) is 43.2 Å². The number of hydrogen-bond donors (Lipinski definition) is 1. The lowest BCUT2D eigenvalue weighted by molar-refractivity contribution is -0.103. The lowest BCUT2D eigenvalue weighted by Crippen LogP contribution is -2.54. The van der Waals surface area contributed by atoms with Crippen LogP contribution < -0.4 is 5.32 Å². The van der Waals surface area contributed by atoms with Gasteiger partial charge < -0.3 is 5.32 Å². The number of thiophene rings is 1. The molecule has 0 spiro atoms.